The van der Waals surface area contributed by atoms with Crippen LogP contribution in [0.15, 0.2) is 47.7 Å². The van der Waals surface area contributed by atoms with Crippen molar-refractivity contribution in [1.82, 2.24) is 20.1 Å². The summed E-state index contributed by atoms with van der Waals surface area (Å²) < 4.78 is 27.6. The highest BCUT2D eigenvalue weighted by molar-refractivity contribution is 14.0. The van der Waals surface area contributed by atoms with Gasteiger partial charge in [-0.05, 0) is 37.1 Å². The topological polar surface area (TPSA) is 64.0 Å². The summed E-state index contributed by atoms with van der Waals surface area (Å²) in [6.07, 6.45) is 3.36. The molecule has 1 saturated heterocycles. The van der Waals surface area contributed by atoms with Crippen molar-refractivity contribution >= 4 is 29.9 Å². The Bertz CT molecular complexity index is 863. The Morgan fingerprint density at radius 1 is 1.12 bits per heavy atom. The molecule has 1 aliphatic heterocycles. The lowest BCUT2D eigenvalue weighted by Gasteiger charge is -2.40. The van der Waals surface area contributed by atoms with Crippen molar-refractivity contribution in [3.05, 3.63) is 65.5 Å². The summed E-state index contributed by atoms with van der Waals surface area (Å²) >= 11 is 0. The average molecular weight is 559 g/mol. The number of aliphatic imine (C=N–C) groups is 1. The van der Waals surface area contributed by atoms with Gasteiger partial charge in [-0.25, -0.2) is 8.78 Å². The van der Waals surface area contributed by atoms with Crippen LogP contribution in [0.1, 0.15) is 43.5 Å². The van der Waals surface area contributed by atoms with Gasteiger partial charge >= 0.3 is 0 Å². The summed E-state index contributed by atoms with van der Waals surface area (Å²) in [6.45, 7) is 7.96. The van der Waals surface area contributed by atoms with Gasteiger partial charge in [-0.1, -0.05) is 13.0 Å². The monoisotopic (exact) mass is 559 g/mol. The van der Waals surface area contributed by atoms with Crippen LogP contribution in [0.4, 0.5) is 8.78 Å². The normalized spacial score (nSPS) is 16.9. The number of rotatable bonds is 7. The van der Waals surface area contributed by atoms with E-state index in [1.807, 2.05) is 13.8 Å². The van der Waals surface area contributed by atoms with Gasteiger partial charge in [0.1, 0.15) is 11.6 Å². The molecule has 3 rings (SSSR count). The van der Waals surface area contributed by atoms with Gasteiger partial charge in [-0.15, -0.1) is 24.0 Å². The lowest BCUT2D eigenvalue weighted by atomic mass is 10.0. The first-order chi connectivity index (χ1) is 15.0. The van der Waals surface area contributed by atoms with Crippen LogP contribution in [-0.2, 0) is 0 Å². The van der Waals surface area contributed by atoms with Gasteiger partial charge in [0, 0.05) is 62.8 Å². The minimum Gasteiger partial charge on any atom is -0.386 e. The minimum atomic E-state index is -0.691. The smallest absolute Gasteiger partial charge is 0.194 e. The second-order valence-corrected chi connectivity index (χ2v) is 7.60. The Labute approximate surface area is 205 Å². The largest absolute Gasteiger partial charge is 0.386 e. The highest BCUT2D eigenvalue weighted by Crippen LogP contribution is 2.28. The molecular weight excluding hydrogens is 527 g/mol. The van der Waals surface area contributed by atoms with E-state index >= 15 is 0 Å². The number of piperazine rings is 1. The predicted octanol–water partition coefficient (Wildman–Crippen LogP) is 3.75. The van der Waals surface area contributed by atoms with E-state index in [9.17, 15) is 13.9 Å². The Balaban J connectivity index is 0.00000363. The molecule has 2 atom stereocenters. The van der Waals surface area contributed by atoms with Crippen LogP contribution in [0.2, 0.25) is 0 Å². The number of aromatic nitrogens is 1. The Morgan fingerprint density at radius 3 is 2.41 bits per heavy atom. The van der Waals surface area contributed by atoms with E-state index in [-0.39, 0.29) is 36.6 Å². The molecule has 6 nitrogen and oxygen atoms in total. The van der Waals surface area contributed by atoms with E-state index in [2.05, 4.69) is 25.1 Å². The lowest BCUT2D eigenvalue weighted by molar-refractivity contribution is 0.124. The Morgan fingerprint density at radius 2 is 1.81 bits per heavy atom. The predicted molar refractivity (Wildman–Crippen MR) is 133 cm³/mol. The standard InChI is InChI=1S/C23H31F2N5O.HI/c1-3-21(19-6-5-18(24)15-20(19)25)29-11-13-30(14-12-29)23(27-4-2)28-16-22(31)17-7-9-26-10-8-17;/h5-10,15,21-22,31H,3-4,11-14,16H2,1-2H3,(H,27,28);1H. The molecule has 0 saturated carbocycles. The zero-order valence-electron chi connectivity index (χ0n) is 18.5. The molecule has 0 amide bonds. The molecule has 0 aliphatic carbocycles. The zero-order valence-corrected chi connectivity index (χ0v) is 20.9. The van der Waals surface area contributed by atoms with Crippen LogP contribution in [0.3, 0.4) is 0 Å². The number of pyridine rings is 1. The fraction of sp³-hybridized carbons (Fsp3) is 0.478. The van der Waals surface area contributed by atoms with Crippen LogP contribution in [-0.4, -0.2) is 65.1 Å². The highest BCUT2D eigenvalue weighted by Gasteiger charge is 2.27. The molecular formula is C23H32F2IN5O. The van der Waals surface area contributed by atoms with Gasteiger partial charge in [0.25, 0.3) is 0 Å². The van der Waals surface area contributed by atoms with E-state index in [4.69, 9.17) is 0 Å². The van der Waals surface area contributed by atoms with E-state index in [0.717, 1.165) is 56.7 Å². The van der Waals surface area contributed by atoms with Crippen LogP contribution < -0.4 is 5.32 Å². The molecule has 2 heterocycles. The number of hydrogen-bond donors (Lipinski definition) is 2. The molecule has 32 heavy (non-hydrogen) atoms. The highest BCUT2D eigenvalue weighted by atomic mass is 127. The van der Waals surface area contributed by atoms with Crippen molar-refractivity contribution in [1.29, 1.82) is 0 Å². The number of halogens is 3. The summed E-state index contributed by atoms with van der Waals surface area (Å²) in [6, 6.07) is 7.31. The third-order valence-corrected chi connectivity index (χ3v) is 5.60. The number of hydrogen-bond acceptors (Lipinski definition) is 4. The third-order valence-electron chi connectivity index (χ3n) is 5.60. The van der Waals surface area contributed by atoms with Gasteiger partial charge in [0.15, 0.2) is 5.96 Å². The molecule has 0 spiro atoms. The molecule has 0 radical (unpaired) electrons. The van der Waals surface area contributed by atoms with E-state index in [1.54, 1.807) is 30.6 Å². The molecule has 2 N–H and O–H groups in total. The van der Waals surface area contributed by atoms with Gasteiger partial charge in [-0.3, -0.25) is 14.9 Å². The van der Waals surface area contributed by atoms with Crippen molar-refractivity contribution in [2.24, 2.45) is 4.99 Å². The van der Waals surface area contributed by atoms with Crippen LogP contribution >= 0.6 is 24.0 Å². The van der Waals surface area contributed by atoms with E-state index < -0.39 is 17.7 Å². The molecule has 2 aromatic rings. The quantitative estimate of drug-likeness (QED) is 0.308. The van der Waals surface area contributed by atoms with Crippen molar-refractivity contribution in [3.8, 4) is 0 Å². The molecule has 176 valence electrons. The van der Waals surface area contributed by atoms with Crippen molar-refractivity contribution in [3.63, 3.8) is 0 Å². The van der Waals surface area contributed by atoms with E-state index in [0.29, 0.717) is 5.56 Å². The summed E-state index contributed by atoms with van der Waals surface area (Å²) in [5.74, 6) is -0.285. The van der Waals surface area contributed by atoms with Crippen molar-refractivity contribution < 1.29 is 13.9 Å². The van der Waals surface area contributed by atoms with Crippen molar-refractivity contribution in [2.75, 3.05) is 39.3 Å². The number of benzene rings is 1. The minimum absolute atomic E-state index is 0. The number of guanidine groups is 1. The first-order valence-corrected chi connectivity index (χ1v) is 10.8. The summed E-state index contributed by atoms with van der Waals surface area (Å²) in [4.78, 5) is 13.0. The number of nitrogens with one attached hydrogen (secondary N) is 1. The molecule has 0 bridgehead atoms. The fourth-order valence-electron chi connectivity index (χ4n) is 3.98. The first-order valence-electron chi connectivity index (χ1n) is 10.8. The maximum Gasteiger partial charge on any atom is 0.194 e. The molecule has 1 fully saturated rings. The first kappa shape index (κ1) is 26.4. The van der Waals surface area contributed by atoms with Gasteiger partial charge in [0.05, 0.1) is 12.6 Å². The number of nitrogens with zero attached hydrogens (tertiary/aromatic N) is 4. The number of aliphatic hydroxyl groups excluding tert-OH is 1. The van der Waals surface area contributed by atoms with Crippen LogP contribution in [0, 0.1) is 11.6 Å². The lowest BCUT2D eigenvalue weighted by Crippen LogP contribution is -2.53. The maximum absolute atomic E-state index is 14.3. The van der Waals surface area contributed by atoms with E-state index in [1.165, 1.54) is 6.07 Å². The molecule has 1 aromatic heterocycles. The van der Waals surface area contributed by atoms with Gasteiger partial charge in [-0.2, -0.15) is 0 Å². The van der Waals surface area contributed by atoms with Crippen LogP contribution in [0.5, 0.6) is 0 Å². The fourth-order valence-corrected chi connectivity index (χ4v) is 3.98. The molecule has 1 aliphatic rings. The molecule has 1 aromatic carbocycles. The van der Waals surface area contributed by atoms with Crippen molar-refractivity contribution in [2.45, 2.75) is 32.4 Å². The zero-order chi connectivity index (χ0) is 22.2. The summed E-state index contributed by atoms with van der Waals surface area (Å²) in [5, 5.41) is 13.7. The van der Waals surface area contributed by atoms with Gasteiger partial charge < -0.3 is 15.3 Å². The number of aliphatic hydroxyl groups is 1. The second kappa shape index (κ2) is 13.0. The summed E-state index contributed by atoms with van der Waals surface area (Å²) in [7, 11) is 0. The second-order valence-electron chi connectivity index (χ2n) is 7.60. The maximum atomic E-state index is 14.3. The Kier molecular flexibility index (Phi) is 10.7. The Hall–Kier alpha value is -1.85. The average Bonchev–Trinajstić information content (AvgIpc) is 2.79. The summed E-state index contributed by atoms with van der Waals surface area (Å²) in [5.41, 5.74) is 1.32. The molecule has 2 unspecified atom stereocenters. The third kappa shape index (κ3) is 6.82. The van der Waals surface area contributed by atoms with Gasteiger partial charge in [0.2, 0.25) is 0 Å². The van der Waals surface area contributed by atoms with Crippen LogP contribution in [0.25, 0.3) is 0 Å². The SMILES string of the molecule is CCNC(=NCC(O)c1ccncc1)N1CCN(C(CC)c2ccc(F)cc2F)CC1.I. The molecule has 9 heteroatoms.